The van der Waals surface area contributed by atoms with Crippen molar-refractivity contribution in [3.8, 4) is 11.6 Å². The van der Waals surface area contributed by atoms with Gasteiger partial charge in [0.05, 0.1) is 42.2 Å². The second kappa shape index (κ2) is 12.7. The summed E-state index contributed by atoms with van der Waals surface area (Å²) in [6.07, 6.45) is 6.83. The van der Waals surface area contributed by atoms with E-state index in [1.807, 2.05) is 46.8 Å². The fraction of sp³-hybridized carbons (Fsp3) is 0.548. The Balaban J connectivity index is 0.00000189. The fourth-order valence-electron chi connectivity index (χ4n) is 5.53. The number of anilines is 1. The number of rotatable bonds is 10. The quantitative estimate of drug-likeness (QED) is 0.298. The summed E-state index contributed by atoms with van der Waals surface area (Å²) in [5, 5.41) is 6.33. The number of carbonyl (C=O) groups excluding carboxylic acids is 1. The van der Waals surface area contributed by atoms with Crippen LogP contribution in [0.5, 0.6) is 11.6 Å². The van der Waals surface area contributed by atoms with Crippen LogP contribution in [0.25, 0.3) is 11.0 Å². The van der Waals surface area contributed by atoms with Gasteiger partial charge in [0.2, 0.25) is 12.3 Å². The predicted octanol–water partition coefficient (Wildman–Crippen LogP) is 5.75. The van der Waals surface area contributed by atoms with Gasteiger partial charge in [0.1, 0.15) is 11.4 Å². The normalized spacial score (nSPS) is 21.6. The number of pyridine rings is 3. The van der Waals surface area contributed by atoms with E-state index in [1.165, 1.54) is 6.20 Å². The number of hydrogen-bond donors (Lipinski definition) is 2. The lowest BCUT2D eigenvalue weighted by Crippen LogP contribution is -2.61. The van der Waals surface area contributed by atoms with E-state index in [2.05, 4.69) is 25.6 Å². The first-order valence-corrected chi connectivity index (χ1v) is 14.4. The fourth-order valence-corrected chi connectivity index (χ4v) is 5.53. The van der Waals surface area contributed by atoms with E-state index < -0.39 is 5.60 Å². The number of hydrogen-bond acceptors (Lipinski definition) is 8. The molecule has 2 N–H and O–H groups in total. The van der Waals surface area contributed by atoms with Crippen molar-refractivity contribution in [3.63, 3.8) is 0 Å². The zero-order chi connectivity index (χ0) is 29.7. The molecule has 5 heterocycles. The number of ether oxygens (including phenoxy) is 3. The summed E-state index contributed by atoms with van der Waals surface area (Å²) in [6, 6.07) is 7.29. The number of amides is 1. The van der Waals surface area contributed by atoms with Crippen LogP contribution < -0.4 is 20.1 Å². The van der Waals surface area contributed by atoms with Crippen LogP contribution in [0, 0.1) is 5.82 Å². The molecule has 3 aromatic rings. The third-order valence-electron chi connectivity index (χ3n) is 7.72. The molecule has 1 aliphatic carbocycles. The molecule has 2 bridgehead atoms. The molecule has 1 saturated carbocycles. The molecule has 3 fully saturated rings. The van der Waals surface area contributed by atoms with Crippen molar-refractivity contribution in [3.05, 3.63) is 47.5 Å². The van der Waals surface area contributed by atoms with Crippen molar-refractivity contribution in [2.24, 2.45) is 0 Å². The van der Waals surface area contributed by atoms with Crippen LogP contribution in [0.15, 0.2) is 30.5 Å². The van der Waals surface area contributed by atoms with Crippen molar-refractivity contribution in [1.29, 1.82) is 0 Å². The summed E-state index contributed by atoms with van der Waals surface area (Å²) in [6.45, 7) is 11.0. The molecule has 222 valence electrons. The molecule has 1 amide bonds. The van der Waals surface area contributed by atoms with Crippen LogP contribution in [-0.2, 0) is 22.5 Å². The Kier molecular flexibility index (Phi) is 9.44. The van der Waals surface area contributed by atoms with Gasteiger partial charge in [-0.3, -0.25) is 9.78 Å². The van der Waals surface area contributed by atoms with Crippen molar-refractivity contribution in [2.45, 2.75) is 96.4 Å². The molecule has 41 heavy (non-hydrogen) atoms. The molecule has 0 atom stereocenters. The third-order valence-corrected chi connectivity index (χ3v) is 7.72. The average Bonchev–Trinajstić information content (AvgIpc) is 2.98. The van der Waals surface area contributed by atoms with E-state index in [-0.39, 0.29) is 17.0 Å². The monoisotopic (exact) mass is 567 g/mol. The van der Waals surface area contributed by atoms with Gasteiger partial charge in [-0.1, -0.05) is 13.8 Å². The van der Waals surface area contributed by atoms with E-state index in [0.717, 1.165) is 37.8 Å². The number of methoxy groups -OCH3 is 1. The molecule has 0 aromatic carbocycles. The van der Waals surface area contributed by atoms with Gasteiger partial charge < -0.3 is 24.8 Å². The van der Waals surface area contributed by atoms with Gasteiger partial charge in [-0.15, -0.1) is 0 Å². The highest BCUT2D eigenvalue weighted by atomic mass is 19.1. The maximum Gasteiger partial charge on any atom is 0.213 e. The van der Waals surface area contributed by atoms with Crippen molar-refractivity contribution >= 4 is 23.3 Å². The standard InChI is InChI=1S/C29H36FN5O4.C2H6/c1-27(2,3)39-23-7-5-19(34-26(23)32-18-36)15-33-28-11-13-29(14-12-28,38-17-28)10-9-20-21(30)16-31-22-6-8-24(37-4)35-25(20)22;1-2/h5-8,16,18,33H,9-15,17H2,1-4H3,(H,32,34,36);1-2H3. The molecule has 0 unspecified atom stereocenters. The predicted molar refractivity (Wildman–Crippen MR) is 157 cm³/mol. The largest absolute Gasteiger partial charge is 0.484 e. The zero-order valence-corrected chi connectivity index (χ0v) is 25.0. The number of aryl methyl sites for hydroxylation is 1. The number of nitrogens with zero attached hydrogens (tertiary/aromatic N) is 3. The van der Waals surface area contributed by atoms with Gasteiger partial charge in [-0.05, 0) is 77.5 Å². The SMILES string of the molecule is CC.COc1ccc2ncc(F)c(CCC34CCC(NCc5ccc(OC(C)(C)C)c(NC=O)n5)(CC3)CO4)c2n1. The van der Waals surface area contributed by atoms with Crippen LogP contribution in [0.1, 0.15) is 78.0 Å². The molecule has 2 saturated heterocycles. The van der Waals surface area contributed by atoms with E-state index in [4.69, 9.17) is 14.2 Å². The third kappa shape index (κ3) is 7.11. The minimum Gasteiger partial charge on any atom is -0.484 e. The van der Waals surface area contributed by atoms with Gasteiger partial charge in [0.25, 0.3) is 0 Å². The molecule has 9 nitrogen and oxygen atoms in total. The summed E-state index contributed by atoms with van der Waals surface area (Å²) < 4.78 is 32.5. The first-order valence-electron chi connectivity index (χ1n) is 14.4. The lowest BCUT2D eigenvalue weighted by atomic mass is 9.69. The average molecular weight is 568 g/mol. The molecular weight excluding hydrogens is 525 g/mol. The molecule has 3 aromatic heterocycles. The second-order valence-corrected chi connectivity index (χ2v) is 11.5. The van der Waals surface area contributed by atoms with Gasteiger partial charge in [-0.2, -0.15) is 0 Å². The smallest absolute Gasteiger partial charge is 0.213 e. The minimum atomic E-state index is -0.409. The van der Waals surface area contributed by atoms with Gasteiger partial charge in [0, 0.05) is 23.7 Å². The number of fused-ring (bicyclic) bond motifs is 4. The Hall–Kier alpha value is -3.37. The number of carbonyl (C=O) groups is 1. The first-order chi connectivity index (χ1) is 19.6. The van der Waals surface area contributed by atoms with Crippen molar-refractivity contribution in [1.82, 2.24) is 20.3 Å². The number of halogens is 1. The Labute approximate surface area is 241 Å². The summed E-state index contributed by atoms with van der Waals surface area (Å²) in [5.41, 5.74) is 1.75. The van der Waals surface area contributed by atoms with Crippen LogP contribution in [0.3, 0.4) is 0 Å². The van der Waals surface area contributed by atoms with Crippen LogP contribution in [0.4, 0.5) is 10.2 Å². The molecular formula is C31H42FN5O4. The summed E-state index contributed by atoms with van der Waals surface area (Å²) >= 11 is 0. The highest BCUT2D eigenvalue weighted by Crippen LogP contribution is 2.46. The first kappa shape index (κ1) is 30.6. The Bertz CT molecular complexity index is 1340. The summed E-state index contributed by atoms with van der Waals surface area (Å²) in [4.78, 5) is 24.4. The van der Waals surface area contributed by atoms with Gasteiger partial charge in [-0.25, -0.2) is 14.4 Å². The highest BCUT2D eigenvalue weighted by Gasteiger charge is 2.49. The van der Waals surface area contributed by atoms with Crippen LogP contribution in [-0.4, -0.2) is 51.8 Å². The molecule has 6 rings (SSSR count). The van der Waals surface area contributed by atoms with E-state index in [1.54, 1.807) is 19.2 Å². The second-order valence-electron chi connectivity index (χ2n) is 11.5. The maximum atomic E-state index is 14.8. The van der Waals surface area contributed by atoms with Crippen LogP contribution >= 0.6 is 0 Å². The minimum absolute atomic E-state index is 0.133. The van der Waals surface area contributed by atoms with Crippen molar-refractivity contribution < 1.29 is 23.4 Å². The van der Waals surface area contributed by atoms with Gasteiger partial charge >= 0.3 is 0 Å². The van der Waals surface area contributed by atoms with Crippen LogP contribution in [0.2, 0.25) is 0 Å². The lowest BCUT2D eigenvalue weighted by molar-refractivity contribution is -0.165. The van der Waals surface area contributed by atoms with E-state index in [0.29, 0.717) is 60.0 Å². The molecule has 10 heteroatoms. The Morgan fingerprint density at radius 2 is 1.85 bits per heavy atom. The molecule has 2 aliphatic heterocycles. The van der Waals surface area contributed by atoms with Gasteiger partial charge in [0.15, 0.2) is 11.6 Å². The summed E-state index contributed by atoms with van der Waals surface area (Å²) in [7, 11) is 1.55. The molecule has 0 radical (unpaired) electrons. The Morgan fingerprint density at radius 1 is 1.10 bits per heavy atom. The maximum absolute atomic E-state index is 14.8. The van der Waals surface area contributed by atoms with E-state index in [9.17, 15) is 9.18 Å². The summed E-state index contributed by atoms with van der Waals surface area (Å²) in [5.74, 6) is 1.03. The molecule has 0 spiro atoms. The number of aromatic nitrogens is 3. The lowest BCUT2D eigenvalue weighted by Gasteiger charge is -2.53. The molecule has 3 aliphatic rings. The topological polar surface area (TPSA) is 107 Å². The zero-order valence-electron chi connectivity index (χ0n) is 25.0. The highest BCUT2D eigenvalue weighted by molar-refractivity contribution is 5.78. The van der Waals surface area contributed by atoms with E-state index >= 15 is 0 Å². The van der Waals surface area contributed by atoms with Crippen molar-refractivity contribution in [2.75, 3.05) is 19.0 Å². The number of nitrogens with one attached hydrogen (secondary N) is 2. The Morgan fingerprint density at radius 3 is 2.49 bits per heavy atom.